The van der Waals surface area contributed by atoms with E-state index in [4.69, 9.17) is 0 Å². The molecule has 10 heavy (non-hydrogen) atoms. The predicted octanol–water partition coefficient (Wildman–Crippen LogP) is 1.29. The molecule has 1 fully saturated rings. The second kappa shape index (κ2) is 2.66. The molecule has 0 aliphatic carbocycles. The summed E-state index contributed by atoms with van der Waals surface area (Å²) < 4.78 is 35.0. The third kappa shape index (κ3) is 2.43. The lowest BCUT2D eigenvalue weighted by atomic mass is 9.88. The molecule has 0 atom stereocenters. The van der Waals surface area contributed by atoms with Gasteiger partial charge in [-0.1, -0.05) is 5.57 Å². The number of halogens is 3. The van der Waals surface area contributed by atoms with Crippen LogP contribution in [0.5, 0.6) is 0 Å². The van der Waals surface area contributed by atoms with E-state index in [1.54, 1.807) is 0 Å². The predicted molar refractivity (Wildman–Crippen MR) is 34.6 cm³/mol. The molecule has 1 heterocycles. The van der Waals surface area contributed by atoms with Gasteiger partial charge in [-0.25, -0.2) is 0 Å². The number of hydrogen-bond donors (Lipinski definition) is 1. The van der Waals surface area contributed by atoms with E-state index in [1.807, 2.05) is 0 Å². The molecule has 1 N–H and O–H groups in total. The topological polar surface area (TPSA) is 12.0 Å². The van der Waals surface area contributed by atoms with Crippen molar-refractivity contribution in [3.8, 4) is 0 Å². The molecule has 5 heteroatoms. The second-order valence-corrected chi connectivity index (χ2v) is 2.38. The van der Waals surface area contributed by atoms with Crippen LogP contribution in [0, 0.1) is 0 Å². The number of nitrogens with one attached hydrogen (secondary N) is 1. The molecule has 0 unspecified atom stereocenters. The lowest BCUT2D eigenvalue weighted by molar-refractivity contribution is 0.497. The normalized spacial score (nSPS) is 24.1. The molecule has 0 aromatic heterocycles. The van der Waals surface area contributed by atoms with Crippen molar-refractivity contribution in [2.24, 2.45) is 0 Å². The van der Waals surface area contributed by atoms with Crippen molar-refractivity contribution in [2.45, 2.75) is 6.42 Å². The van der Waals surface area contributed by atoms with Crippen molar-refractivity contribution in [1.29, 1.82) is 0 Å². The van der Waals surface area contributed by atoms with Crippen LogP contribution in [0.3, 0.4) is 0 Å². The summed E-state index contributed by atoms with van der Waals surface area (Å²) in [5.74, 6) is 0.444. The highest BCUT2D eigenvalue weighted by molar-refractivity contribution is 6.64. The zero-order valence-corrected chi connectivity index (χ0v) is 5.41. The van der Waals surface area contributed by atoms with Crippen LogP contribution in [0.4, 0.5) is 12.9 Å². The van der Waals surface area contributed by atoms with Crippen LogP contribution in [0.2, 0.25) is 0 Å². The smallest absolute Gasteiger partial charge is 0.445 e. The van der Waals surface area contributed by atoms with Crippen LogP contribution in [0.15, 0.2) is 11.5 Å². The molecule has 1 nitrogen and oxygen atoms in total. The molecule has 0 aromatic rings. The van der Waals surface area contributed by atoms with Gasteiger partial charge in [0.25, 0.3) is 0 Å². The Hall–Kier alpha value is -0.445. The zero-order chi connectivity index (χ0) is 7.61. The van der Waals surface area contributed by atoms with Gasteiger partial charge in [-0.3, -0.25) is 0 Å². The molecule has 0 aromatic carbocycles. The van der Waals surface area contributed by atoms with Crippen molar-refractivity contribution in [1.82, 2.24) is 5.32 Å². The lowest BCUT2D eigenvalue weighted by Gasteiger charge is -2.08. The summed E-state index contributed by atoms with van der Waals surface area (Å²) in [5, 5.41) is 2.84. The third-order valence-corrected chi connectivity index (χ3v) is 1.40. The van der Waals surface area contributed by atoms with Crippen molar-refractivity contribution < 1.29 is 12.9 Å². The van der Waals surface area contributed by atoms with E-state index < -0.39 is 6.98 Å². The molecule has 0 saturated carbocycles. The Balaban J connectivity index is 2.53. The van der Waals surface area contributed by atoms with Crippen LogP contribution in [-0.2, 0) is 0 Å². The van der Waals surface area contributed by atoms with Gasteiger partial charge in [-0.05, 0) is 13.0 Å². The Morgan fingerprint density at radius 1 is 1.40 bits per heavy atom. The van der Waals surface area contributed by atoms with E-state index in [1.165, 1.54) is 0 Å². The highest BCUT2D eigenvalue weighted by atomic mass is 19.4. The lowest BCUT2D eigenvalue weighted by Crippen LogP contribution is -2.12. The first-order valence-corrected chi connectivity index (χ1v) is 3.19. The average molecular weight is 150 g/mol. The minimum absolute atomic E-state index is 0.404. The van der Waals surface area contributed by atoms with Gasteiger partial charge in [-0.2, -0.15) is 0 Å². The second-order valence-electron chi connectivity index (χ2n) is 2.38. The van der Waals surface area contributed by atoms with E-state index in [0.717, 1.165) is 0 Å². The van der Waals surface area contributed by atoms with Gasteiger partial charge in [0.1, 0.15) is 0 Å². The SMILES string of the molecule is F[B-](F)(F)/C=C1/CCNC1. The molecule has 1 aliphatic rings. The van der Waals surface area contributed by atoms with Gasteiger partial charge in [0.15, 0.2) is 0 Å². The highest BCUT2D eigenvalue weighted by Gasteiger charge is 2.20. The van der Waals surface area contributed by atoms with Crippen molar-refractivity contribution in [3.05, 3.63) is 11.5 Å². The van der Waals surface area contributed by atoms with Gasteiger partial charge in [0.05, 0.1) is 0 Å². The molecular weight excluding hydrogens is 142 g/mol. The maximum atomic E-state index is 11.7. The Morgan fingerprint density at radius 3 is 2.50 bits per heavy atom. The quantitative estimate of drug-likeness (QED) is 0.555. The fourth-order valence-corrected chi connectivity index (χ4v) is 0.996. The van der Waals surface area contributed by atoms with Gasteiger partial charge in [0.2, 0.25) is 0 Å². The fraction of sp³-hybridized carbons (Fsp3) is 0.600. The van der Waals surface area contributed by atoms with Gasteiger partial charge >= 0.3 is 6.98 Å². The van der Waals surface area contributed by atoms with Crippen LogP contribution in [0.1, 0.15) is 6.42 Å². The highest BCUT2D eigenvalue weighted by Crippen LogP contribution is 2.15. The molecule has 0 spiro atoms. The summed E-state index contributed by atoms with van der Waals surface area (Å²) in [7, 11) is 0. The molecule has 1 rings (SSSR count). The molecule has 0 radical (unpaired) electrons. The number of hydrogen-bond acceptors (Lipinski definition) is 1. The van der Waals surface area contributed by atoms with Crippen LogP contribution in [-0.4, -0.2) is 20.1 Å². The fourth-order valence-electron chi connectivity index (χ4n) is 0.996. The van der Waals surface area contributed by atoms with Gasteiger partial charge in [0, 0.05) is 6.54 Å². The molecule has 0 bridgehead atoms. The maximum absolute atomic E-state index is 11.7. The van der Waals surface area contributed by atoms with Crippen molar-refractivity contribution in [3.63, 3.8) is 0 Å². The van der Waals surface area contributed by atoms with E-state index in [2.05, 4.69) is 5.32 Å². The largest absolute Gasteiger partial charge is 0.502 e. The van der Waals surface area contributed by atoms with Crippen molar-refractivity contribution in [2.75, 3.05) is 13.1 Å². The Kier molecular flexibility index (Phi) is 2.04. The molecule has 1 saturated heterocycles. The van der Waals surface area contributed by atoms with Crippen LogP contribution in [0.25, 0.3) is 0 Å². The summed E-state index contributed by atoms with van der Waals surface area (Å²) in [6.45, 7) is -3.63. The first-order chi connectivity index (χ1) is 4.58. The molecule has 0 amide bonds. The first-order valence-electron chi connectivity index (χ1n) is 3.19. The third-order valence-electron chi connectivity index (χ3n) is 1.40. The Labute approximate surface area is 57.4 Å². The van der Waals surface area contributed by atoms with E-state index in [-0.39, 0.29) is 0 Å². The van der Waals surface area contributed by atoms with Gasteiger partial charge in [-0.15, -0.1) is 5.98 Å². The van der Waals surface area contributed by atoms with Crippen LogP contribution >= 0.6 is 0 Å². The molecule has 1 aliphatic heterocycles. The zero-order valence-electron chi connectivity index (χ0n) is 5.41. The summed E-state index contributed by atoms with van der Waals surface area (Å²) in [6.07, 6.45) is 0.543. The monoisotopic (exact) mass is 150 g/mol. The summed E-state index contributed by atoms with van der Waals surface area (Å²) in [5.41, 5.74) is 0.479. The van der Waals surface area contributed by atoms with E-state index in [9.17, 15) is 12.9 Å². The number of rotatable bonds is 1. The van der Waals surface area contributed by atoms with Crippen molar-refractivity contribution >= 4 is 6.98 Å². The Morgan fingerprint density at radius 2 is 2.10 bits per heavy atom. The summed E-state index contributed by atoms with van der Waals surface area (Å²) >= 11 is 0. The molecular formula is C5H8BF3N-. The maximum Gasteiger partial charge on any atom is 0.502 e. The van der Waals surface area contributed by atoms with E-state index in [0.29, 0.717) is 31.1 Å². The minimum Gasteiger partial charge on any atom is -0.445 e. The van der Waals surface area contributed by atoms with E-state index >= 15 is 0 Å². The van der Waals surface area contributed by atoms with Gasteiger partial charge < -0.3 is 18.3 Å². The first kappa shape index (κ1) is 7.66. The minimum atomic E-state index is -4.72. The summed E-state index contributed by atoms with van der Waals surface area (Å²) in [4.78, 5) is 0. The van der Waals surface area contributed by atoms with Crippen LogP contribution < -0.4 is 5.32 Å². The Bertz CT molecular complexity index is 143. The summed E-state index contributed by atoms with van der Waals surface area (Å²) in [6, 6.07) is 0. The average Bonchev–Trinajstić information content (AvgIpc) is 2.12. The standard InChI is InChI=1S/C5H8BF3N/c7-6(8,9)3-5-1-2-10-4-5/h3,10H,1-2,4H2/q-1/b5-3-. The molecule has 58 valence electrons.